The Balaban J connectivity index is 2.48. The van der Waals surface area contributed by atoms with Crippen LogP contribution < -0.4 is 5.32 Å². The van der Waals surface area contributed by atoms with E-state index in [1.54, 1.807) is 0 Å². The summed E-state index contributed by atoms with van der Waals surface area (Å²) >= 11 is 7.20. The minimum absolute atomic E-state index is 0.0341. The normalized spacial score (nSPS) is 12.4. The van der Waals surface area contributed by atoms with Crippen molar-refractivity contribution in [2.45, 2.75) is 19.9 Å². The van der Waals surface area contributed by atoms with E-state index in [2.05, 4.69) is 63.2 Å². The van der Waals surface area contributed by atoms with Gasteiger partial charge in [0.05, 0.1) is 6.04 Å². The van der Waals surface area contributed by atoms with Gasteiger partial charge in [0.2, 0.25) is 0 Å². The lowest BCUT2D eigenvalue weighted by atomic mass is 9.97. The highest BCUT2D eigenvalue weighted by Crippen LogP contribution is 2.33. The van der Waals surface area contributed by atoms with E-state index in [0.717, 1.165) is 26.6 Å². The molecule has 2 aromatic carbocycles. The fourth-order valence-corrected chi connectivity index (χ4v) is 3.20. The lowest BCUT2D eigenvalue weighted by Crippen LogP contribution is -2.22. The van der Waals surface area contributed by atoms with Crippen LogP contribution in [0.3, 0.4) is 0 Å². The minimum Gasteiger partial charge on any atom is -0.306 e. The summed E-state index contributed by atoms with van der Waals surface area (Å²) in [5.74, 6) is -0.215. The molecule has 20 heavy (non-hydrogen) atoms. The summed E-state index contributed by atoms with van der Waals surface area (Å²) < 4.78 is 15.2. The van der Waals surface area contributed by atoms with Crippen molar-refractivity contribution in [1.29, 1.82) is 0 Å². The number of benzene rings is 2. The van der Waals surface area contributed by atoms with Crippen LogP contribution in [-0.4, -0.2) is 6.54 Å². The maximum absolute atomic E-state index is 13.1. The zero-order chi connectivity index (χ0) is 14.7. The highest BCUT2D eigenvalue weighted by Gasteiger charge is 2.17. The average Bonchev–Trinajstić information content (AvgIpc) is 2.42. The maximum atomic E-state index is 13.1. The Morgan fingerprint density at radius 2 is 1.75 bits per heavy atom. The SMILES string of the molecule is CCNC(c1ccc(F)cc1)c1cc(Br)c(C)cc1Br. The molecule has 1 atom stereocenters. The van der Waals surface area contributed by atoms with E-state index < -0.39 is 0 Å². The van der Waals surface area contributed by atoms with Gasteiger partial charge in [0.25, 0.3) is 0 Å². The van der Waals surface area contributed by atoms with Crippen molar-refractivity contribution in [1.82, 2.24) is 5.32 Å². The van der Waals surface area contributed by atoms with Crippen molar-refractivity contribution in [2.24, 2.45) is 0 Å². The minimum atomic E-state index is -0.215. The van der Waals surface area contributed by atoms with Crippen LogP contribution in [0, 0.1) is 12.7 Å². The van der Waals surface area contributed by atoms with Crippen LogP contribution in [0.1, 0.15) is 29.7 Å². The number of hydrogen-bond donors (Lipinski definition) is 1. The molecule has 0 bridgehead atoms. The summed E-state index contributed by atoms with van der Waals surface area (Å²) in [6, 6.07) is 10.9. The molecule has 0 heterocycles. The predicted molar refractivity (Wildman–Crippen MR) is 88.5 cm³/mol. The van der Waals surface area contributed by atoms with Crippen LogP contribution in [0.2, 0.25) is 0 Å². The summed E-state index contributed by atoms with van der Waals surface area (Å²) in [6.07, 6.45) is 0. The zero-order valence-electron chi connectivity index (χ0n) is 11.4. The Bertz CT molecular complexity index is 596. The van der Waals surface area contributed by atoms with Gasteiger partial charge < -0.3 is 5.32 Å². The molecule has 0 spiro atoms. The van der Waals surface area contributed by atoms with E-state index in [-0.39, 0.29) is 11.9 Å². The van der Waals surface area contributed by atoms with Gasteiger partial charge in [0.15, 0.2) is 0 Å². The molecule has 4 heteroatoms. The first-order chi connectivity index (χ1) is 9.52. The molecule has 0 radical (unpaired) electrons. The summed E-state index contributed by atoms with van der Waals surface area (Å²) in [6.45, 7) is 4.95. The second-order valence-electron chi connectivity index (χ2n) is 4.67. The van der Waals surface area contributed by atoms with Gasteiger partial charge in [0, 0.05) is 8.95 Å². The second kappa shape index (κ2) is 6.83. The van der Waals surface area contributed by atoms with Gasteiger partial charge in [-0.2, -0.15) is 0 Å². The number of aryl methyl sites for hydroxylation is 1. The molecule has 0 aliphatic carbocycles. The molecule has 1 N–H and O–H groups in total. The maximum Gasteiger partial charge on any atom is 0.123 e. The molecule has 0 saturated carbocycles. The lowest BCUT2D eigenvalue weighted by molar-refractivity contribution is 0.612. The Morgan fingerprint density at radius 3 is 2.35 bits per heavy atom. The molecule has 2 rings (SSSR count). The van der Waals surface area contributed by atoms with Crippen molar-refractivity contribution in [2.75, 3.05) is 6.54 Å². The third-order valence-corrected chi connectivity index (χ3v) is 4.74. The molecule has 1 nitrogen and oxygen atoms in total. The van der Waals surface area contributed by atoms with Crippen molar-refractivity contribution in [3.63, 3.8) is 0 Å². The number of halogens is 3. The van der Waals surface area contributed by atoms with Crippen molar-refractivity contribution < 1.29 is 4.39 Å². The fourth-order valence-electron chi connectivity index (χ4n) is 2.15. The highest BCUT2D eigenvalue weighted by atomic mass is 79.9. The van der Waals surface area contributed by atoms with Crippen LogP contribution in [-0.2, 0) is 0 Å². The quantitative estimate of drug-likeness (QED) is 0.728. The second-order valence-corrected chi connectivity index (χ2v) is 6.37. The molecule has 2 aromatic rings. The van der Waals surface area contributed by atoms with Gasteiger partial charge in [-0.1, -0.05) is 50.9 Å². The van der Waals surface area contributed by atoms with E-state index in [1.807, 2.05) is 12.1 Å². The van der Waals surface area contributed by atoms with Gasteiger partial charge in [-0.25, -0.2) is 4.39 Å². The van der Waals surface area contributed by atoms with E-state index in [1.165, 1.54) is 17.7 Å². The molecule has 1 unspecified atom stereocenters. The first-order valence-corrected chi connectivity index (χ1v) is 8.06. The fraction of sp³-hybridized carbons (Fsp3) is 0.250. The lowest BCUT2D eigenvalue weighted by Gasteiger charge is -2.21. The summed E-state index contributed by atoms with van der Waals surface area (Å²) in [5.41, 5.74) is 3.36. The van der Waals surface area contributed by atoms with E-state index >= 15 is 0 Å². The van der Waals surface area contributed by atoms with Gasteiger partial charge >= 0.3 is 0 Å². The Morgan fingerprint density at radius 1 is 1.10 bits per heavy atom. The van der Waals surface area contributed by atoms with Crippen molar-refractivity contribution in [3.05, 3.63) is 67.9 Å². The Hall–Kier alpha value is -0.710. The third kappa shape index (κ3) is 3.48. The van der Waals surface area contributed by atoms with Crippen molar-refractivity contribution in [3.8, 4) is 0 Å². The van der Waals surface area contributed by atoms with Gasteiger partial charge in [0.1, 0.15) is 5.82 Å². The topological polar surface area (TPSA) is 12.0 Å². The number of rotatable bonds is 4. The van der Waals surface area contributed by atoms with Crippen LogP contribution in [0.25, 0.3) is 0 Å². The van der Waals surface area contributed by atoms with Crippen LogP contribution in [0.4, 0.5) is 4.39 Å². The predicted octanol–water partition coefficient (Wildman–Crippen LogP) is 5.36. The van der Waals surface area contributed by atoms with Crippen molar-refractivity contribution >= 4 is 31.9 Å². The molecule has 0 fully saturated rings. The third-order valence-electron chi connectivity index (χ3n) is 3.20. The number of hydrogen-bond acceptors (Lipinski definition) is 1. The van der Waals surface area contributed by atoms with E-state index in [9.17, 15) is 4.39 Å². The van der Waals surface area contributed by atoms with E-state index in [4.69, 9.17) is 0 Å². The molecule has 0 saturated heterocycles. The van der Waals surface area contributed by atoms with Gasteiger partial charge in [-0.05, 0) is 54.4 Å². The Kier molecular flexibility index (Phi) is 5.35. The standard InChI is InChI=1S/C16H16Br2FN/c1-3-20-16(11-4-6-12(19)7-5-11)13-9-14(17)10(2)8-15(13)18/h4-9,16,20H,3H2,1-2H3. The summed E-state index contributed by atoms with van der Waals surface area (Å²) in [5, 5.41) is 3.45. The molecule has 0 aliphatic rings. The Labute approximate surface area is 135 Å². The summed E-state index contributed by atoms with van der Waals surface area (Å²) in [4.78, 5) is 0. The first kappa shape index (κ1) is 15.7. The number of nitrogens with one attached hydrogen (secondary N) is 1. The zero-order valence-corrected chi connectivity index (χ0v) is 14.6. The smallest absolute Gasteiger partial charge is 0.123 e. The molecular weight excluding hydrogens is 385 g/mol. The first-order valence-electron chi connectivity index (χ1n) is 6.47. The monoisotopic (exact) mass is 399 g/mol. The molecular formula is C16H16Br2FN. The highest BCUT2D eigenvalue weighted by molar-refractivity contribution is 9.11. The summed E-state index contributed by atoms with van der Waals surface area (Å²) in [7, 11) is 0. The van der Waals surface area contributed by atoms with Crippen LogP contribution in [0.5, 0.6) is 0 Å². The van der Waals surface area contributed by atoms with Crippen LogP contribution in [0.15, 0.2) is 45.3 Å². The molecule has 0 aromatic heterocycles. The van der Waals surface area contributed by atoms with E-state index in [0.29, 0.717) is 0 Å². The van der Waals surface area contributed by atoms with Crippen LogP contribution >= 0.6 is 31.9 Å². The largest absolute Gasteiger partial charge is 0.306 e. The molecule has 0 aliphatic heterocycles. The molecule has 106 valence electrons. The van der Waals surface area contributed by atoms with Gasteiger partial charge in [-0.3, -0.25) is 0 Å². The average molecular weight is 401 g/mol. The van der Waals surface area contributed by atoms with Gasteiger partial charge in [-0.15, -0.1) is 0 Å². The molecule has 0 amide bonds.